The molecular formula is C21H21N3O5. The fourth-order valence-electron chi connectivity index (χ4n) is 3.28. The molecule has 0 atom stereocenters. The van der Waals surface area contributed by atoms with Crippen molar-refractivity contribution in [2.45, 2.75) is 0 Å². The summed E-state index contributed by atoms with van der Waals surface area (Å²) >= 11 is 0. The predicted octanol–water partition coefficient (Wildman–Crippen LogP) is 2.69. The standard InChI is InChI=1S/C21H21N3O5/c1-22-21(25)15-10-13(4-5-16(15)26-2)24-7-6-23-20(24)14-11-18-19(12-17(14)27-3)29-9-8-28-18/h4-7,10-12H,8-9H2,1-3H3,(H,22,25). The molecule has 2 aromatic carbocycles. The van der Waals surface area contributed by atoms with Gasteiger partial charge in [-0.25, -0.2) is 4.98 Å². The molecule has 0 radical (unpaired) electrons. The molecule has 2 heterocycles. The topological polar surface area (TPSA) is 83.8 Å². The number of fused-ring (bicyclic) bond motifs is 1. The minimum absolute atomic E-state index is 0.234. The van der Waals surface area contributed by atoms with Crippen LogP contribution in [-0.2, 0) is 0 Å². The molecule has 0 saturated carbocycles. The molecule has 4 rings (SSSR count). The summed E-state index contributed by atoms with van der Waals surface area (Å²) in [4.78, 5) is 16.8. The number of hydrogen-bond donors (Lipinski definition) is 1. The zero-order valence-corrected chi connectivity index (χ0v) is 16.4. The van der Waals surface area contributed by atoms with Crippen LogP contribution in [0, 0.1) is 0 Å². The van der Waals surface area contributed by atoms with Gasteiger partial charge in [-0.05, 0) is 24.3 Å². The molecule has 1 aliphatic heterocycles. The maximum absolute atomic E-state index is 12.3. The van der Waals surface area contributed by atoms with Gasteiger partial charge in [-0.15, -0.1) is 0 Å². The summed E-state index contributed by atoms with van der Waals surface area (Å²) < 4.78 is 24.1. The lowest BCUT2D eigenvalue weighted by Crippen LogP contribution is -2.19. The zero-order chi connectivity index (χ0) is 20.4. The van der Waals surface area contributed by atoms with E-state index in [4.69, 9.17) is 18.9 Å². The van der Waals surface area contributed by atoms with Crippen molar-refractivity contribution < 1.29 is 23.7 Å². The average molecular weight is 395 g/mol. The highest BCUT2D eigenvalue weighted by Crippen LogP contribution is 2.41. The number of amides is 1. The molecule has 1 aromatic heterocycles. The van der Waals surface area contributed by atoms with Gasteiger partial charge in [0.25, 0.3) is 5.91 Å². The zero-order valence-electron chi connectivity index (χ0n) is 16.4. The van der Waals surface area contributed by atoms with Crippen molar-refractivity contribution in [3.05, 3.63) is 48.3 Å². The average Bonchev–Trinajstić information content (AvgIpc) is 3.26. The summed E-state index contributed by atoms with van der Waals surface area (Å²) in [5.74, 6) is 2.80. The van der Waals surface area contributed by atoms with Crippen LogP contribution in [-0.4, -0.2) is 49.9 Å². The van der Waals surface area contributed by atoms with Crippen molar-refractivity contribution in [3.8, 4) is 40.1 Å². The number of methoxy groups -OCH3 is 2. The van der Waals surface area contributed by atoms with Crippen molar-refractivity contribution in [2.24, 2.45) is 0 Å². The number of aromatic nitrogens is 2. The van der Waals surface area contributed by atoms with E-state index in [2.05, 4.69) is 10.3 Å². The van der Waals surface area contributed by atoms with Crippen molar-refractivity contribution in [3.63, 3.8) is 0 Å². The number of carbonyl (C=O) groups excluding carboxylic acids is 1. The lowest BCUT2D eigenvalue weighted by Gasteiger charge is -2.21. The monoisotopic (exact) mass is 395 g/mol. The van der Waals surface area contributed by atoms with E-state index in [0.717, 1.165) is 11.3 Å². The molecule has 1 amide bonds. The Balaban J connectivity index is 1.84. The van der Waals surface area contributed by atoms with Crippen LogP contribution >= 0.6 is 0 Å². The number of benzene rings is 2. The summed E-state index contributed by atoms with van der Waals surface area (Å²) in [6, 6.07) is 9.03. The second-order valence-electron chi connectivity index (χ2n) is 6.28. The fraction of sp³-hybridized carbons (Fsp3) is 0.238. The maximum atomic E-state index is 12.3. The van der Waals surface area contributed by atoms with Crippen LogP contribution in [0.4, 0.5) is 0 Å². The molecule has 0 unspecified atom stereocenters. The molecule has 0 spiro atoms. The number of carbonyl (C=O) groups is 1. The third-order valence-electron chi connectivity index (χ3n) is 4.68. The highest BCUT2D eigenvalue weighted by atomic mass is 16.6. The second kappa shape index (κ2) is 7.75. The van der Waals surface area contributed by atoms with Crippen LogP contribution in [0.2, 0.25) is 0 Å². The van der Waals surface area contributed by atoms with E-state index in [1.165, 1.54) is 7.11 Å². The smallest absolute Gasteiger partial charge is 0.254 e. The molecule has 8 heteroatoms. The third-order valence-corrected chi connectivity index (χ3v) is 4.68. The number of hydrogen-bond acceptors (Lipinski definition) is 6. The van der Waals surface area contributed by atoms with Gasteiger partial charge in [0.05, 0.1) is 25.3 Å². The van der Waals surface area contributed by atoms with Gasteiger partial charge in [-0.1, -0.05) is 0 Å². The van der Waals surface area contributed by atoms with Crippen molar-refractivity contribution in [2.75, 3.05) is 34.5 Å². The van der Waals surface area contributed by atoms with Gasteiger partial charge in [-0.3, -0.25) is 9.36 Å². The second-order valence-corrected chi connectivity index (χ2v) is 6.28. The van der Waals surface area contributed by atoms with Crippen LogP contribution in [0.1, 0.15) is 10.4 Å². The van der Waals surface area contributed by atoms with E-state index >= 15 is 0 Å². The lowest BCUT2D eigenvalue weighted by atomic mass is 10.1. The first-order valence-corrected chi connectivity index (χ1v) is 9.08. The molecule has 3 aromatic rings. The molecule has 1 aliphatic rings. The first-order valence-electron chi connectivity index (χ1n) is 9.08. The fourth-order valence-corrected chi connectivity index (χ4v) is 3.28. The minimum Gasteiger partial charge on any atom is -0.496 e. The van der Waals surface area contributed by atoms with Crippen LogP contribution in [0.15, 0.2) is 42.7 Å². The Morgan fingerprint density at radius 1 is 1.07 bits per heavy atom. The molecule has 0 fully saturated rings. The lowest BCUT2D eigenvalue weighted by molar-refractivity contribution is 0.0960. The number of imidazole rings is 1. The molecule has 8 nitrogen and oxygen atoms in total. The SMILES string of the molecule is CNC(=O)c1cc(-n2ccnc2-c2cc3c(cc2OC)OCCO3)ccc1OC. The molecule has 1 N–H and O–H groups in total. The van der Waals surface area contributed by atoms with E-state index < -0.39 is 0 Å². The van der Waals surface area contributed by atoms with Crippen LogP contribution < -0.4 is 24.3 Å². The largest absolute Gasteiger partial charge is 0.496 e. The van der Waals surface area contributed by atoms with Gasteiger partial charge in [0.15, 0.2) is 11.5 Å². The molecule has 150 valence electrons. The van der Waals surface area contributed by atoms with Gasteiger partial charge in [-0.2, -0.15) is 0 Å². The Kier molecular flexibility index (Phi) is 4.99. The minimum atomic E-state index is -0.234. The highest BCUT2D eigenvalue weighted by Gasteiger charge is 2.21. The van der Waals surface area contributed by atoms with Gasteiger partial charge in [0, 0.05) is 31.2 Å². The molecule has 0 aliphatic carbocycles. The Morgan fingerprint density at radius 3 is 2.48 bits per heavy atom. The quantitative estimate of drug-likeness (QED) is 0.715. The summed E-state index contributed by atoms with van der Waals surface area (Å²) in [5.41, 5.74) is 1.94. The van der Waals surface area contributed by atoms with Gasteiger partial charge in [0.2, 0.25) is 0 Å². The maximum Gasteiger partial charge on any atom is 0.254 e. The third kappa shape index (κ3) is 3.33. The van der Waals surface area contributed by atoms with Crippen LogP contribution in [0.25, 0.3) is 17.1 Å². The van der Waals surface area contributed by atoms with Gasteiger partial charge < -0.3 is 24.3 Å². The van der Waals surface area contributed by atoms with Crippen LogP contribution in [0.3, 0.4) is 0 Å². The first kappa shape index (κ1) is 18.7. The summed E-state index contributed by atoms with van der Waals surface area (Å²) in [6.45, 7) is 0.986. The number of nitrogens with zero attached hydrogens (tertiary/aromatic N) is 2. The van der Waals surface area contributed by atoms with Crippen molar-refractivity contribution in [1.29, 1.82) is 0 Å². The normalized spacial score (nSPS) is 12.4. The number of rotatable bonds is 5. The molecule has 0 saturated heterocycles. The van der Waals surface area contributed by atoms with E-state index in [-0.39, 0.29) is 5.91 Å². The Hall–Kier alpha value is -3.68. The molecular weight excluding hydrogens is 374 g/mol. The van der Waals surface area contributed by atoms with E-state index in [0.29, 0.717) is 47.6 Å². The summed E-state index contributed by atoms with van der Waals surface area (Å²) in [6.07, 6.45) is 3.51. The predicted molar refractivity (Wildman–Crippen MR) is 106 cm³/mol. The van der Waals surface area contributed by atoms with Crippen molar-refractivity contribution >= 4 is 5.91 Å². The first-order chi connectivity index (χ1) is 14.2. The number of ether oxygens (including phenoxy) is 4. The van der Waals surface area contributed by atoms with Crippen LogP contribution in [0.5, 0.6) is 23.0 Å². The number of nitrogens with one attached hydrogen (secondary N) is 1. The Bertz CT molecular complexity index is 1060. The molecule has 29 heavy (non-hydrogen) atoms. The summed E-state index contributed by atoms with van der Waals surface area (Å²) in [5, 5.41) is 2.63. The Morgan fingerprint density at radius 2 is 1.79 bits per heavy atom. The Labute approximate surface area is 168 Å². The summed E-state index contributed by atoms with van der Waals surface area (Å²) in [7, 11) is 4.71. The van der Waals surface area contributed by atoms with E-state index in [1.807, 2.05) is 22.9 Å². The van der Waals surface area contributed by atoms with Gasteiger partial charge in [0.1, 0.15) is 30.5 Å². The molecule has 0 bridgehead atoms. The highest BCUT2D eigenvalue weighted by molar-refractivity contribution is 5.97. The van der Waals surface area contributed by atoms with Crippen molar-refractivity contribution in [1.82, 2.24) is 14.9 Å². The van der Waals surface area contributed by atoms with Gasteiger partial charge >= 0.3 is 0 Å². The van der Waals surface area contributed by atoms with E-state index in [1.54, 1.807) is 38.6 Å². The van der Waals surface area contributed by atoms with E-state index in [9.17, 15) is 4.79 Å².